The average Bonchev–Trinajstić information content (AvgIpc) is 2.89. The van der Waals surface area contributed by atoms with Crippen molar-refractivity contribution in [2.75, 3.05) is 13.2 Å². The van der Waals surface area contributed by atoms with Crippen LogP contribution >= 0.6 is 23.2 Å². The van der Waals surface area contributed by atoms with Crippen molar-refractivity contribution < 1.29 is 9.90 Å². The third-order valence-electron chi connectivity index (χ3n) is 3.53. The van der Waals surface area contributed by atoms with Crippen LogP contribution in [0.5, 0.6) is 0 Å². The molecule has 1 aromatic carbocycles. The van der Waals surface area contributed by atoms with Crippen molar-refractivity contribution in [2.24, 2.45) is 0 Å². The van der Waals surface area contributed by atoms with Gasteiger partial charge in [0.05, 0.1) is 17.2 Å². The molecule has 0 unspecified atom stereocenters. The Hall–Kier alpha value is -0.770. The van der Waals surface area contributed by atoms with Crippen LogP contribution in [0.25, 0.3) is 0 Å². The lowest BCUT2D eigenvalue weighted by Crippen LogP contribution is -2.40. The number of amides is 1. The quantitative estimate of drug-likeness (QED) is 0.926. The van der Waals surface area contributed by atoms with Crippen LogP contribution in [0, 0.1) is 0 Å². The summed E-state index contributed by atoms with van der Waals surface area (Å²) >= 11 is 11.9. The minimum Gasteiger partial charge on any atom is -0.395 e. The van der Waals surface area contributed by atoms with Gasteiger partial charge in [0.25, 0.3) is 5.91 Å². The van der Waals surface area contributed by atoms with E-state index in [-0.39, 0.29) is 18.6 Å². The number of carbonyl (C=O) groups excluding carboxylic acids is 1. The highest BCUT2D eigenvalue weighted by Gasteiger charge is 2.27. The predicted molar refractivity (Wildman–Crippen MR) is 76.8 cm³/mol. The van der Waals surface area contributed by atoms with E-state index in [0.29, 0.717) is 22.2 Å². The third kappa shape index (κ3) is 3.41. The summed E-state index contributed by atoms with van der Waals surface area (Å²) in [5.41, 5.74) is 0.450. The second-order valence-electron chi connectivity index (χ2n) is 4.78. The SMILES string of the molecule is O=C(c1ccc(Cl)cc1Cl)N(CCO)C1CCCC1. The third-order valence-corrected chi connectivity index (χ3v) is 4.08. The normalized spacial score (nSPS) is 15.7. The molecule has 1 amide bonds. The van der Waals surface area contributed by atoms with Crippen LogP contribution < -0.4 is 0 Å². The molecular formula is C14H17Cl2NO2. The summed E-state index contributed by atoms with van der Waals surface area (Å²) < 4.78 is 0. The van der Waals surface area contributed by atoms with E-state index in [0.717, 1.165) is 25.7 Å². The van der Waals surface area contributed by atoms with Gasteiger partial charge in [-0.25, -0.2) is 0 Å². The molecule has 0 radical (unpaired) electrons. The van der Waals surface area contributed by atoms with Crippen molar-refractivity contribution in [3.63, 3.8) is 0 Å². The molecule has 2 rings (SSSR count). The molecule has 1 aromatic rings. The first-order valence-electron chi connectivity index (χ1n) is 6.50. The number of halogens is 2. The van der Waals surface area contributed by atoms with Crippen molar-refractivity contribution in [3.8, 4) is 0 Å². The molecule has 0 atom stereocenters. The van der Waals surface area contributed by atoms with E-state index in [1.807, 2.05) is 0 Å². The van der Waals surface area contributed by atoms with Gasteiger partial charge in [0, 0.05) is 17.6 Å². The molecule has 1 aliphatic carbocycles. The topological polar surface area (TPSA) is 40.5 Å². The number of aliphatic hydroxyl groups excluding tert-OH is 1. The molecule has 1 fully saturated rings. The number of nitrogens with zero attached hydrogens (tertiary/aromatic N) is 1. The van der Waals surface area contributed by atoms with Crippen LogP contribution in [0.4, 0.5) is 0 Å². The standard InChI is InChI=1S/C14H17Cl2NO2/c15-10-5-6-12(13(16)9-10)14(19)17(7-8-18)11-3-1-2-4-11/h5-6,9,11,18H,1-4,7-8H2. The van der Waals surface area contributed by atoms with Crippen LogP contribution in [0.3, 0.4) is 0 Å². The van der Waals surface area contributed by atoms with E-state index in [4.69, 9.17) is 28.3 Å². The molecule has 104 valence electrons. The summed E-state index contributed by atoms with van der Waals surface area (Å²) in [6.45, 7) is 0.315. The molecule has 19 heavy (non-hydrogen) atoms. The van der Waals surface area contributed by atoms with Gasteiger partial charge in [-0.15, -0.1) is 0 Å². The number of hydrogen-bond acceptors (Lipinski definition) is 2. The minimum absolute atomic E-state index is 0.0343. The molecule has 0 aliphatic heterocycles. The molecule has 1 N–H and O–H groups in total. The molecule has 1 saturated carbocycles. The maximum atomic E-state index is 12.5. The Morgan fingerprint density at radius 3 is 2.58 bits per heavy atom. The van der Waals surface area contributed by atoms with Crippen LogP contribution in [0.15, 0.2) is 18.2 Å². The number of benzene rings is 1. The molecule has 5 heteroatoms. The lowest BCUT2D eigenvalue weighted by molar-refractivity contribution is 0.0638. The highest BCUT2D eigenvalue weighted by molar-refractivity contribution is 6.36. The van der Waals surface area contributed by atoms with Gasteiger partial charge >= 0.3 is 0 Å². The largest absolute Gasteiger partial charge is 0.395 e. The summed E-state index contributed by atoms with van der Waals surface area (Å²) in [4.78, 5) is 14.3. The van der Waals surface area contributed by atoms with Gasteiger partial charge in [-0.05, 0) is 31.0 Å². The second-order valence-corrected chi connectivity index (χ2v) is 5.63. The number of carbonyl (C=O) groups is 1. The molecule has 0 saturated heterocycles. The maximum Gasteiger partial charge on any atom is 0.255 e. The number of aliphatic hydroxyl groups is 1. The first-order valence-corrected chi connectivity index (χ1v) is 7.26. The molecule has 3 nitrogen and oxygen atoms in total. The van der Waals surface area contributed by atoms with Gasteiger partial charge < -0.3 is 10.0 Å². The molecule has 1 aliphatic rings. The van der Waals surface area contributed by atoms with E-state index < -0.39 is 0 Å². The second kappa shape index (κ2) is 6.60. The van der Waals surface area contributed by atoms with Crippen molar-refractivity contribution in [1.82, 2.24) is 4.90 Å². The highest BCUT2D eigenvalue weighted by Crippen LogP contribution is 2.27. The van der Waals surface area contributed by atoms with Gasteiger partial charge in [0.1, 0.15) is 0 Å². The van der Waals surface area contributed by atoms with Crippen molar-refractivity contribution in [2.45, 2.75) is 31.7 Å². The Bertz CT molecular complexity index is 459. The Labute approximate surface area is 123 Å². The van der Waals surface area contributed by atoms with Crippen LogP contribution in [0.1, 0.15) is 36.0 Å². The lowest BCUT2D eigenvalue weighted by Gasteiger charge is -2.28. The summed E-state index contributed by atoms with van der Waals surface area (Å²) in [6.07, 6.45) is 4.26. The number of hydrogen-bond donors (Lipinski definition) is 1. The van der Waals surface area contributed by atoms with E-state index in [1.54, 1.807) is 23.1 Å². The number of rotatable bonds is 4. The van der Waals surface area contributed by atoms with Crippen LogP contribution in [0.2, 0.25) is 10.0 Å². The molecule has 0 aromatic heterocycles. The highest BCUT2D eigenvalue weighted by atomic mass is 35.5. The van der Waals surface area contributed by atoms with Gasteiger partial charge in [0.2, 0.25) is 0 Å². The molecular weight excluding hydrogens is 285 g/mol. The zero-order chi connectivity index (χ0) is 13.8. The molecule has 0 heterocycles. The fourth-order valence-corrected chi connectivity index (χ4v) is 3.08. The maximum absolute atomic E-state index is 12.5. The zero-order valence-corrected chi connectivity index (χ0v) is 12.1. The fraction of sp³-hybridized carbons (Fsp3) is 0.500. The summed E-state index contributed by atoms with van der Waals surface area (Å²) in [7, 11) is 0. The van der Waals surface area contributed by atoms with E-state index >= 15 is 0 Å². The zero-order valence-electron chi connectivity index (χ0n) is 10.6. The van der Waals surface area contributed by atoms with E-state index in [1.165, 1.54) is 0 Å². The van der Waals surface area contributed by atoms with Gasteiger partial charge in [-0.2, -0.15) is 0 Å². The van der Waals surface area contributed by atoms with Crippen molar-refractivity contribution in [1.29, 1.82) is 0 Å². The van der Waals surface area contributed by atoms with E-state index in [9.17, 15) is 4.79 Å². The fourth-order valence-electron chi connectivity index (χ4n) is 2.59. The van der Waals surface area contributed by atoms with Gasteiger partial charge in [-0.3, -0.25) is 4.79 Å². The first kappa shape index (κ1) is 14.6. The smallest absolute Gasteiger partial charge is 0.255 e. The monoisotopic (exact) mass is 301 g/mol. The summed E-state index contributed by atoms with van der Waals surface area (Å²) in [5, 5.41) is 10.0. The lowest BCUT2D eigenvalue weighted by atomic mass is 10.1. The molecule has 0 spiro atoms. The Kier molecular flexibility index (Phi) is 5.08. The predicted octanol–water partition coefficient (Wildman–Crippen LogP) is 3.37. The average molecular weight is 302 g/mol. The van der Waals surface area contributed by atoms with Gasteiger partial charge in [0.15, 0.2) is 0 Å². The van der Waals surface area contributed by atoms with Crippen LogP contribution in [-0.4, -0.2) is 35.1 Å². The Balaban J connectivity index is 2.22. The summed E-state index contributed by atoms with van der Waals surface area (Å²) in [5.74, 6) is -0.123. The Morgan fingerprint density at radius 1 is 1.32 bits per heavy atom. The first-order chi connectivity index (χ1) is 9.13. The Morgan fingerprint density at radius 2 is 2.00 bits per heavy atom. The van der Waals surface area contributed by atoms with E-state index in [2.05, 4.69) is 0 Å². The van der Waals surface area contributed by atoms with Gasteiger partial charge in [-0.1, -0.05) is 36.0 Å². The van der Waals surface area contributed by atoms with Crippen LogP contribution in [-0.2, 0) is 0 Å². The minimum atomic E-state index is -0.123. The van der Waals surface area contributed by atoms with Crippen molar-refractivity contribution >= 4 is 29.1 Å². The summed E-state index contributed by atoms with van der Waals surface area (Å²) in [6, 6.07) is 5.09. The molecule has 0 bridgehead atoms. The van der Waals surface area contributed by atoms with Crippen molar-refractivity contribution in [3.05, 3.63) is 33.8 Å².